The Bertz CT molecular complexity index is 1440. The van der Waals surface area contributed by atoms with Crippen molar-refractivity contribution in [2.75, 3.05) is 32.1 Å². The summed E-state index contributed by atoms with van der Waals surface area (Å²) in [7, 11) is 4.94. The van der Waals surface area contributed by atoms with E-state index in [-0.39, 0.29) is 41.7 Å². The van der Waals surface area contributed by atoms with Crippen molar-refractivity contribution in [3.8, 4) is 6.07 Å². The number of piperazine rings is 1. The molecule has 3 aromatic rings. The van der Waals surface area contributed by atoms with Crippen molar-refractivity contribution in [3.63, 3.8) is 0 Å². The standard InChI is InChI=1S/C28H36FN7O2/c1-7-20-16-36(24-14-26(37)33(6)25-17-34(12-11-30)31-27(24)25)21(8-2)15-35(20)18(3)19-9-10-22(23(29)13-19)28(38)32(4)5/h9-10,13-14,17-18,20-21H,7-8,12,15-16H2,1-6H3/t18-,20-,21+/m1/s1. The van der Waals surface area contributed by atoms with E-state index in [0.29, 0.717) is 17.6 Å². The van der Waals surface area contributed by atoms with Crippen LogP contribution in [0.15, 0.2) is 35.3 Å². The topological polar surface area (TPSA) is 90.4 Å². The molecular weight excluding hydrogens is 485 g/mol. The number of hydrogen-bond donors (Lipinski definition) is 0. The Labute approximate surface area is 222 Å². The lowest BCUT2D eigenvalue weighted by Crippen LogP contribution is -2.58. The van der Waals surface area contributed by atoms with Crippen LogP contribution in [0.3, 0.4) is 0 Å². The van der Waals surface area contributed by atoms with Crippen LogP contribution >= 0.6 is 0 Å². The molecule has 3 heterocycles. The molecule has 202 valence electrons. The highest BCUT2D eigenvalue weighted by atomic mass is 19.1. The number of fused-ring (bicyclic) bond motifs is 1. The second kappa shape index (κ2) is 11.0. The summed E-state index contributed by atoms with van der Waals surface area (Å²) in [6.07, 6.45) is 3.47. The zero-order valence-electron chi connectivity index (χ0n) is 23.0. The predicted molar refractivity (Wildman–Crippen MR) is 146 cm³/mol. The molecule has 1 aromatic carbocycles. The first-order chi connectivity index (χ1) is 18.1. The van der Waals surface area contributed by atoms with E-state index in [1.54, 1.807) is 48.7 Å². The van der Waals surface area contributed by atoms with Gasteiger partial charge in [-0.15, -0.1) is 0 Å². The summed E-state index contributed by atoms with van der Waals surface area (Å²) < 4.78 is 18.1. The molecule has 0 spiro atoms. The van der Waals surface area contributed by atoms with E-state index in [0.717, 1.165) is 30.6 Å². The summed E-state index contributed by atoms with van der Waals surface area (Å²) in [4.78, 5) is 31.2. The van der Waals surface area contributed by atoms with Gasteiger partial charge >= 0.3 is 0 Å². The van der Waals surface area contributed by atoms with Gasteiger partial charge in [0.1, 0.15) is 17.9 Å². The third-order valence-corrected chi connectivity index (χ3v) is 7.77. The lowest BCUT2D eigenvalue weighted by atomic mass is 9.96. The van der Waals surface area contributed by atoms with E-state index in [1.807, 2.05) is 6.07 Å². The SMILES string of the molecule is CC[C@H]1CN([C@H](C)c2ccc(C(=O)N(C)C)c(F)c2)[C@H](CC)CN1c1cc(=O)n(C)c2cn(CC#N)nc12. The molecule has 0 bridgehead atoms. The number of aromatic nitrogens is 3. The molecule has 1 aliphatic heterocycles. The molecule has 1 aliphatic rings. The smallest absolute Gasteiger partial charge is 0.256 e. The van der Waals surface area contributed by atoms with Crippen LogP contribution in [0.4, 0.5) is 10.1 Å². The highest BCUT2D eigenvalue weighted by Gasteiger charge is 2.36. The number of halogens is 1. The minimum atomic E-state index is -0.512. The van der Waals surface area contributed by atoms with Crippen LogP contribution in [0.25, 0.3) is 11.0 Å². The maximum absolute atomic E-state index is 14.9. The molecule has 1 amide bonds. The van der Waals surface area contributed by atoms with Crippen molar-refractivity contribution < 1.29 is 9.18 Å². The number of amides is 1. The van der Waals surface area contributed by atoms with Crippen LogP contribution in [0.5, 0.6) is 0 Å². The molecule has 38 heavy (non-hydrogen) atoms. The summed E-state index contributed by atoms with van der Waals surface area (Å²) >= 11 is 0. The molecule has 2 aromatic heterocycles. The second-order valence-electron chi connectivity index (χ2n) is 10.2. The monoisotopic (exact) mass is 521 g/mol. The number of nitriles is 1. The Morgan fingerprint density at radius 1 is 1.21 bits per heavy atom. The van der Waals surface area contributed by atoms with E-state index in [2.05, 4.69) is 41.7 Å². The van der Waals surface area contributed by atoms with Crippen LogP contribution in [0.2, 0.25) is 0 Å². The number of carbonyl (C=O) groups is 1. The number of aryl methyl sites for hydroxylation is 1. The summed E-state index contributed by atoms with van der Waals surface area (Å²) in [5, 5.41) is 13.8. The normalized spacial score (nSPS) is 18.9. The highest BCUT2D eigenvalue weighted by Crippen LogP contribution is 2.34. The van der Waals surface area contributed by atoms with Gasteiger partial charge in [0.2, 0.25) is 0 Å². The molecule has 0 radical (unpaired) electrons. The Hall–Kier alpha value is -3.71. The molecule has 3 atom stereocenters. The van der Waals surface area contributed by atoms with Crippen molar-refractivity contribution in [2.24, 2.45) is 7.05 Å². The number of pyridine rings is 1. The number of nitrogens with zero attached hydrogens (tertiary/aromatic N) is 7. The summed E-state index contributed by atoms with van der Waals surface area (Å²) in [6, 6.07) is 8.86. The fraction of sp³-hybridized carbons (Fsp3) is 0.500. The number of carbonyl (C=O) groups excluding carboxylic acids is 1. The summed E-state index contributed by atoms with van der Waals surface area (Å²) in [5.41, 5.74) is 2.97. The van der Waals surface area contributed by atoms with Gasteiger partial charge in [0, 0.05) is 58.4 Å². The highest BCUT2D eigenvalue weighted by molar-refractivity contribution is 5.94. The first kappa shape index (κ1) is 27.3. The summed E-state index contributed by atoms with van der Waals surface area (Å²) in [5.74, 6) is -0.868. The van der Waals surface area contributed by atoms with Gasteiger partial charge in [-0.3, -0.25) is 19.2 Å². The molecule has 1 fully saturated rings. The van der Waals surface area contributed by atoms with Gasteiger partial charge in [-0.25, -0.2) is 4.39 Å². The minimum absolute atomic E-state index is 0.0624. The number of rotatable bonds is 7. The maximum atomic E-state index is 14.9. The molecule has 9 nitrogen and oxygen atoms in total. The zero-order valence-corrected chi connectivity index (χ0v) is 23.0. The fourth-order valence-corrected chi connectivity index (χ4v) is 5.46. The molecule has 0 saturated carbocycles. The Morgan fingerprint density at radius 2 is 1.92 bits per heavy atom. The van der Waals surface area contributed by atoms with Gasteiger partial charge in [0.25, 0.3) is 11.5 Å². The molecule has 0 N–H and O–H groups in total. The van der Waals surface area contributed by atoms with Crippen molar-refractivity contribution in [1.29, 1.82) is 5.26 Å². The number of benzene rings is 1. The molecule has 1 saturated heterocycles. The van der Waals surface area contributed by atoms with Crippen LogP contribution < -0.4 is 10.5 Å². The zero-order chi connectivity index (χ0) is 27.7. The number of hydrogen-bond acceptors (Lipinski definition) is 6. The number of anilines is 1. The quantitative estimate of drug-likeness (QED) is 0.473. The van der Waals surface area contributed by atoms with Gasteiger partial charge in [-0.05, 0) is 37.5 Å². The molecule has 10 heteroatoms. The first-order valence-electron chi connectivity index (χ1n) is 13.1. The van der Waals surface area contributed by atoms with Gasteiger partial charge in [-0.2, -0.15) is 10.4 Å². The van der Waals surface area contributed by atoms with E-state index in [1.165, 1.54) is 11.0 Å². The maximum Gasteiger partial charge on any atom is 0.256 e. The van der Waals surface area contributed by atoms with E-state index < -0.39 is 5.82 Å². The predicted octanol–water partition coefficient (Wildman–Crippen LogP) is 3.54. The Balaban J connectivity index is 1.68. The molecule has 0 aliphatic carbocycles. The third-order valence-electron chi connectivity index (χ3n) is 7.77. The van der Waals surface area contributed by atoms with E-state index in [9.17, 15) is 14.0 Å². The van der Waals surface area contributed by atoms with Crippen molar-refractivity contribution in [1.82, 2.24) is 24.1 Å². The van der Waals surface area contributed by atoms with Crippen LogP contribution in [-0.2, 0) is 13.6 Å². The van der Waals surface area contributed by atoms with Gasteiger partial charge in [-0.1, -0.05) is 19.9 Å². The van der Waals surface area contributed by atoms with Gasteiger partial charge < -0.3 is 14.4 Å². The van der Waals surface area contributed by atoms with Crippen LogP contribution in [-0.4, -0.2) is 69.3 Å². The lowest BCUT2D eigenvalue weighted by Gasteiger charge is -2.49. The Kier molecular flexibility index (Phi) is 7.88. The Morgan fingerprint density at radius 3 is 2.53 bits per heavy atom. The molecule has 4 rings (SSSR count). The second-order valence-corrected chi connectivity index (χ2v) is 10.2. The summed E-state index contributed by atoms with van der Waals surface area (Å²) in [6.45, 7) is 7.86. The van der Waals surface area contributed by atoms with E-state index in [4.69, 9.17) is 5.26 Å². The van der Waals surface area contributed by atoms with Crippen molar-refractivity contribution >= 4 is 22.6 Å². The lowest BCUT2D eigenvalue weighted by molar-refractivity contribution is 0.0822. The van der Waals surface area contributed by atoms with Crippen molar-refractivity contribution in [2.45, 2.75) is 58.3 Å². The molecular formula is C28H36FN7O2. The van der Waals surface area contributed by atoms with Crippen LogP contribution in [0.1, 0.15) is 55.6 Å². The molecule has 0 unspecified atom stereocenters. The third kappa shape index (κ3) is 4.90. The van der Waals surface area contributed by atoms with Crippen LogP contribution in [0, 0.1) is 17.1 Å². The van der Waals surface area contributed by atoms with Gasteiger partial charge in [0.05, 0.1) is 29.0 Å². The van der Waals surface area contributed by atoms with Gasteiger partial charge in [0.15, 0.2) is 0 Å². The average Bonchev–Trinajstić information content (AvgIpc) is 3.33. The van der Waals surface area contributed by atoms with E-state index >= 15 is 0 Å². The average molecular weight is 522 g/mol. The largest absolute Gasteiger partial charge is 0.364 e. The van der Waals surface area contributed by atoms with Crippen molar-refractivity contribution in [3.05, 3.63) is 57.8 Å². The first-order valence-corrected chi connectivity index (χ1v) is 13.1. The minimum Gasteiger partial charge on any atom is -0.364 e. The fourth-order valence-electron chi connectivity index (χ4n) is 5.46.